The number of nitrogens with zero attached hydrogens (tertiary/aromatic N) is 8. The monoisotopic (exact) mass is 368 g/mol. The van der Waals surface area contributed by atoms with E-state index in [1.165, 1.54) is 40.7 Å². The molecule has 0 amide bonds. The van der Waals surface area contributed by atoms with Gasteiger partial charge in [-0.1, -0.05) is 6.07 Å². The Morgan fingerprint density at radius 2 is 1.96 bits per heavy atom. The van der Waals surface area contributed by atoms with E-state index in [1.807, 2.05) is 0 Å². The molecule has 0 spiro atoms. The third-order valence-corrected chi connectivity index (χ3v) is 4.58. The lowest BCUT2D eigenvalue weighted by molar-refractivity contribution is -0.0369. The third kappa shape index (κ3) is 3.10. The Bertz CT molecular complexity index is 1000. The van der Waals surface area contributed by atoms with Gasteiger partial charge in [-0.3, -0.25) is 0 Å². The summed E-state index contributed by atoms with van der Waals surface area (Å²) in [5.74, 6) is -0.558. The molecule has 0 saturated carbocycles. The Kier molecular flexibility index (Phi) is 4.24. The van der Waals surface area contributed by atoms with Crippen molar-refractivity contribution in [3.63, 3.8) is 0 Å². The molecule has 0 radical (unpaired) electrons. The van der Waals surface area contributed by atoms with Gasteiger partial charge in [0.15, 0.2) is 0 Å². The Hall–Kier alpha value is -3.40. The molecule has 4 rings (SSSR count). The van der Waals surface area contributed by atoms with Crippen LogP contribution in [0.3, 0.4) is 0 Å². The normalized spacial score (nSPS) is 14.8. The average Bonchev–Trinajstić information content (AvgIpc) is 3.43. The van der Waals surface area contributed by atoms with E-state index in [0.29, 0.717) is 5.69 Å². The molecule has 0 unspecified atom stereocenters. The molecule has 10 heteroatoms. The first kappa shape index (κ1) is 17.0. The number of aliphatic hydroxyl groups is 1. The molecule has 2 atom stereocenters. The second kappa shape index (κ2) is 6.72. The second-order valence-electron chi connectivity index (χ2n) is 6.18. The first-order valence-electron chi connectivity index (χ1n) is 8.27. The van der Waals surface area contributed by atoms with Crippen molar-refractivity contribution in [1.82, 2.24) is 39.3 Å². The van der Waals surface area contributed by atoms with E-state index in [4.69, 9.17) is 0 Å². The molecule has 0 fully saturated rings. The van der Waals surface area contributed by atoms with Gasteiger partial charge in [0, 0.05) is 18.0 Å². The van der Waals surface area contributed by atoms with Crippen LogP contribution in [0.25, 0.3) is 5.69 Å². The largest absolute Gasteiger partial charge is 0.381 e. The second-order valence-corrected chi connectivity index (χ2v) is 6.18. The van der Waals surface area contributed by atoms with Gasteiger partial charge >= 0.3 is 0 Å². The van der Waals surface area contributed by atoms with Crippen LogP contribution < -0.4 is 0 Å². The summed E-state index contributed by atoms with van der Waals surface area (Å²) >= 11 is 0. The van der Waals surface area contributed by atoms with E-state index in [2.05, 4.69) is 25.3 Å². The highest BCUT2D eigenvalue weighted by molar-refractivity contribution is 5.38. The molecule has 27 heavy (non-hydrogen) atoms. The topological polar surface area (TPSA) is 99.5 Å². The molecule has 0 saturated heterocycles. The third-order valence-electron chi connectivity index (χ3n) is 4.58. The van der Waals surface area contributed by atoms with Crippen LogP contribution in [0, 0.1) is 5.82 Å². The van der Waals surface area contributed by atoms with Crippen molar-refractivity contribution in [2.75, 3.05) is 0 Å². The summed E-state index contributed by atoms with van der Waals surface area (Å²) in [7, 11) is 0. The maximum atomic E-state index is 15.1. The lowest BCUT2D eigenvalue weighted by Gasteiger charge is -2.34. The van der Waals surface area contributed by atoms with Crippen LogP contribution in [0.2, 0.25) is 0 Å². The van der Waals surface area contributed by atoms with Crippen LogP contribution in [0.1, 0.15) is 18.5 Å². The number of benzene rings is 1. The summed E-state index contributed by atoms with van der Waals surface area (Å²) in [4.78, 5) is 7.81. The van der Waals surface area contributed by atoms with Gasteiger partial charge in [-0.05, 0) is 25.1 Å². The molecular formula is C17H17FN8O. The molecule has 0 aliphatic rings. The molecular weight excluding hydrogens is 351 g/mol. The molecule has 0 aliphatic heterocycles. The van der Waals surface area contributed by atoms with E-state index >= 15 is 4.39 Å². The van der Waals surface area contributed by atoms with Gasteiger partial charge in [0.05, 0.1) is 18.3 Å². The summed E-state index contributed by atoms with van der Waals surface area (Å²) < 4.78 is 19.6. The van der Waals surface area contributed by atoms with Crippen molar-refractivity contribution < 1.29 is 9.50 Å². The van der Waals surface area contributed by atoms with Crippen LogP contribution in [-0.4, -0.2) is 44.4 Å². The molecule has 0 aliphatic carbocycles. The van der Waals surface area contributed by atoms with Crippen LogP contribution in [-0.2, 0) is 12.1 Å². The lowest BCUT2D eigenvalue weighted by Crippen LogP contribution is -2.40. The van der Waals surface area contributed by atoms with Crippen molar-refractivity contribution in [1.29, 1.82) is 0 Å². The highest BCUT2D eigenvalue weighted by Gasteiger charge is 2.40. The number of hydrogen-bond donors (Lipinski definition) is 1. The quantitative estimate of drug-likeness (QED) is 0.551. The molecule has 3 heterocycles. The lowest BCUT2D eigenvalue weighted by atomic mass is 9.86. The van der Waals surface area contributed by atoms with Crippen molar-refractivity contribution in [2.45, 2.75) is 25.1 Å². The first-order valence-corrected chi connectivity index (χ1v) is 8.27. The summed E-state index contributed by atoms with van der Waals surface area (Å²) in [6.45, 7) is 1.73. The van der Waals surface area contributed by atoms with Crippen LogP contribution >= 0.6 is 0 Å². The Morgan fingerprint density at radius 1 is 1.15 bits per heavy atom. The minimum Gasteiger partial charge on any atom is -0.381 e. The molecule has 0 bridgehead atoms. The Morgan fingerprint density at radius 3 is 2.59 bits per heavy atom. The number of hydrogen-bond acceptors (Lipinski definition) is 6. The van der Waals surface area contributed by atoms with Crippen molar-refractivity contribution >= 4 is 0 Å². The zero-order valence-electron chi connectivity index (χ0n) is 14.5. The fourth-order valence-electron chi connectivity index (χ4n) is 3.06. The number of rotatable bonds is 6. The number of halogens is 1. The highest BCUT2D eigenvalue weighted by atomic mass is 19.1. The maximum absolute atomic E-state index is 15.1. The number of aromatic nitrogens is 8. The molecule has 9 nitrogen and oxygen atoms in total. The summed E-state index contributed by atoms with van der Waals surface area (Å²) in [6, 6.07) is 5.72. The fraction of sp³-hybridized carbons (Fsp3) is 0.235. The standard InChI is InChI=1S/C17H17FN8O/c1-13(26-12-20-10-23-26)17(27,8-24-11-19-9-22-24)15-4-3-14(7-16(15)18)25-6-2-5-21-25/h2-7,9-13,27H,8H2,1H3/t13-,17-/m1/s1. The molecule has 1 N–H and O–H groups in total. The summed E-state index contributed by atoms with van der Waals surface area (Å²) in [6.07, 6.45) is 9.00. The van der Waals surface area contributed by atoms with Crippen molar-refractivity contribution in [3.05, 3.63) is 73.3 Å². The first-order chi connectivity index (χ1) is 13.1. The summed E-state index contributed by atoms with van der Waals surface area (Å²) in [5.41, 5.74) is -0.969. The maximum Gasteiger partial charge on any atom is 0.137 e. The van der Waals surface area contributed by atoms with E-state index in [1.54, 1.807) is 42.2 Å². The van der Waals surface area contributed by atoms with E-state index in [-0.39, 0.29) is 12.1 Å². The van der Waals surface area contributed by atoms with Gasteiger partial charge in [-0.25, -0.2) is 28.4 Å². The van der Waals surface area contributed by atoms with Crippen molar-refractivity contribution in [3.8, 4) is 5.69 Å². The van der Waals surface area contributed by atoms with Crippen LogP contribution in [0.15, 0.2) is 62.0 Å². The van der Waals surface area contributed by atoms with Crippen LogP contribution in [0.4, 0.5) is 4.39 Å². The Balaban J connectivity index is 1.78. The zero-order valence-corrected chi connectivity index (χ0v) is 14.5. The minimum absolute atomic E-state index is 0.00787. The van der Waals surface area contributed by atoms with Gasteiger partial charge in [0.25, 0.3) is 0 Å². The van der Waals surface area contributed by atoms with Gasteiger partial charge in [-0.2, -0.15) is 15.3 Å². The summed E-state index contributed by atoms with van der Waals surface area (Å²) in [5, 5.41) is 23.8. The smallest absolute Gasteiger partial charge is 0.137 e. The molecule has 138 valence electrons. The fourth-order valence-corrected chi connectivity index (χ4v) is 3.06. The zero-order chi connectivity index (χ0) is 18.9. The Labute approximate surface area is 153 Å². The van der Waals surface area contributed by atoms with Crippen molar-refractivity contribution in [2.24, 2.45) is 0 Å². The van der Waals surface area contributed by atoms with Gasteiger partial charge < -0.3 is 5.11 Å². The van der Waals surface area contributed by atoms with E-state index < -0.39 is 17.5 Å². The van der Waals surface area contributed by atoms with Gasteiger partial charge in [0.2, 0.25) is 0 Å². The van der Waals surface area contributed by atoms with Gasteiger partial charge in [-0.15, -0.1) is 0 Å². The minimum atomic E-state index is -1.64. The molecule has 1 aromatic carbocycles. The average molecular weight is 368 g/mol. The predicted octanol–water partition coefficient (Wildman–Crippen LogP) is 1.34. The van der Waals surface area contributed by atoms with Crippen LogP contribution in [0.5, 0.6) is 0 Å². The SMILES string of the molecule is C[C@@H](n1cncn1)[C@](O)(Cn1cncn1)c1ccc(-n2cccn2)cc1F. The highest BCUT2D eigenvalue weighted by Crippen LogP contribution is 2.36. The molecule has 4 aromatic rings. The van der Waals surface area contributed by atoms with Gasteiger partial charge in [0.1, 0.15) is 36.7 Å². The van der Waals surface area contributed by atoms with E-state index in [0.717, 1.165) is 0 Å². The van der Waals surface area contributed by atoms with E-state index in [9.17, 15) is 5.11 Å². The molecule has 3 aromatic heterocycles. The predicted molar refractivity (Wildman–Crippen MR) is 92.2 cm³/mol.